The smallest absolute Gasteiger partial charge is 0.317 e. The van der Waals surface area contributed by atoms with Crippen LogP contribution in [0.15, 0.2) is 0 Å². The molecule has 2 rings (SSSR count). The standard InChI is InChI=1S/C18H34N2O3/c1-13(2)23-16-10-8-15(9-11-16)19-18(22)20(3)12-14-6-4-5-7-17(14)21/h13-17,21H,4-12H2,1-3H3,(H,19,22)/t14-,15?,16?,17-/m0/s1. The average Bonchev–Trinajstić information content (AvgIpc) is 2.51. The molecule has 0 aromatic rings. The van der Waals surface area contributed by atoms with Crippen molar-refractivity contribution in [3.8, 4) is 0 Å². The van der Waals surface area contributed by atoms with Crippen LogP contribution >= 0.6 is 0 Å². The van der Waals surface area contributed by atoms with E-state index in [1.54, 1.807) is 4.90 Å². The van der Waals surface area contributed by atoms with Crippen molar-refractivity contribution in [1.29, 1.82) is 0 Å². The molecule has 2 aliphatic rings. The van der Waals surface area contributed by atoms with Crippen molar-refractivity contribution in [3.63, 3.8) is 0 Å². The van der Waals surface area contributed by atoms with Crippen LogP contribution in [0.5, 0.6) is 0 Å². The number of carbonyl (C=O) groups is 1. The van der Waals surface area contributed by atoms with Gasteiger partial charge in [-0.05, 0) is 52.4 Å². The van der Waals surface area contributed by atoms with Gasteiger partial charge in [-0.3, -0.25) is 0 Å². The lowest BCUT2D eigenvalue weighted by Crippen LogP contribution is -2.47. The second-order valence-electron chi connectivity index (χ2n) is 7.60. The summed E-state index contributed by atoms with van der Waals surface area (Å²) in [5, 5.41) is 13.2. The van der Waals surface area contributed by atoms with Crippen molar-refractivity contribution < 1.29 is 14.6 Å². The Morgan fingerprint density at radius 1 is 1.17 bits per heavy atom. The molecule has 0 heterocycles. The van der Waals surface area contributed by atoms with E-state index < -0.39 is 0 Å². The van der Waals surface area contributed by atoms with E-state index in [1.165, 1.54) is 0 Å². The fourth-order valence-electron chi connectivity index (χ4n) is 3.85. The van der Waals surface area contributed by atoms with E-state index in [0.717, 1.165) is 51.4 Å². The number of nitrogens with zero attached hydrogens (tertiary/aromatic N) is 1. The van der Waals surface area contributed by atoms with Gasteiger partial charge in [0, 0.05) is 25.6 Å². The highest BCUT2D eigenvalue weighted by Gasteiger charge is 2.27. The Morgan fingerprint density at radius 2 is 1.83 bits per heavy atom. The first-order valence-electron chi connectivity index (χ1n) is 9.31. The average molecular weight is 326 g/mol. The molecular formula is C18H34N2O3. The predicted molar refractivity (Wildman–Crippen MR) is 91.4 cm³/mol. The number of aliphatic hydroxyl groups excluding tert-OH is 1. The van der Waals surface area contributed by atoms with Crippen LogP contribution in [0.3, 0.4) is 0 Å². The number of hydrogen-bond donors (Lipinski definition) is 2. The minimum Gasteiger partial charge on any atom is -0.393 e. The van der Waals surface area contributed by atoms with Gasteiger partial charge in [0.05, 0.1) is 18.3 Å². The summed E-state index contributed by atoms with van der Waals surface area (Å²) in [6.07, 6.45) is 8.57. The van der Waals surface area contributed by atoms with E-state index in [-0.39, 0.29) is 30.2 Å². The molecule has 0 radical (unpaired) electrons. The van der Waals surface area contributed by atoms with Gasteiger partial charge >= 0.3 is 6.03 Å². The Kier molecular flexibility index (Phi) is 7.15. The SMILES string of the molecule is CC(C)OC1CCC(NC(=O)N(C)C[C@@H]2CCCC[C@@H]2O)CC1. The summed E-state index contributed by atoms with van der Waals surface area (Å²) in [7, 11) is 1.84. The molecule has 2 atom stereocenters. The van der Waals surface area contributed by atoms with Gasteiger partial charge in [-0.15, -0.1) is 0 Å². The number of urea groups is 1. The zero-order valence-corrected chi connectivity index (χ0v) is 15.0. The molecule has 0 saturated heterocycles. The van der Waals surface area contributed by atoms with Crippen molar-refractivity contribution in [2.45, 2.75) is 89.6 Å². The number of aliphatic hydroxyl groups is 1. The molecule has 0 aromatic heterocycles. The molecule has 0 spiro atoms. The summed E-state index contributed by atoms with van der Waals surface area (Å²) in [5.41, 5.74) is 0. The molecule has 5 nitrogen and oxygen atoms in total. The van der Waals surface area contributed by atoms with E-state index in [4.69, 9.17) is 4.74 Å². The first kappa shape index (κ1) is 18.5. The summed E-state index contributed by atoms with van der Waals surface area (Å²) in [6.45, 7) is 4.80. The first-order chi connectivity index (χ1) is 11.0. The Labute approximate surface area is 140 Å². The number of rotatable bonds is 5. The Morgan fingerprint density at radius 3 is 2.43 bits per heavy atom. The number of nitrogens with one attached hydrogen (secondary N) is 1. The quantitative estimate of drug-likeness (QED) is 0.816. The summed E-state index contributed by atoms with van der Waals surface area (Å²) in [5.74, 6) is 0.231. The molecule has 5 heteroatoms. The lowest BCUT2D eigenvalue weighted by atomic mass is 9.86. The topological polar surface area (TPSA) is 61.8 Å². The highest BCUT2D eigenvalue weighted by Crippen LogP contribution is 2.25. The van der Waals surface area contributed by atoms with Gasteiger partial charge < -0.3 is 20.1 Å². The van der Waals surface area contributed by atoms with Crippen LogP contribution in [0.1, 0.15) is 65.2 Å². The second-order valence-corrected chi connectivity index (χ2v) is 7.60. The van der Waals surface area contributed by atoms with Crippen molar-refractivity contribution in [2.75, 3.05) is 13.6 Å². The minimum absolute atomic E-state index is 0.00370. The third kappa shape index (κ3) is 5.96. The van der Waals surface area contributed by atoms with Crippen molar-refractivity contribution in [1.82, 2.24) is 10.2 Å². The maximum atomic E-state index is 12.4. The molecule has 23 heavy (non-hydrogen) atoms. The monoisotopic (exact) mass is 326 g/mol. The Hall–Kier alpha value is -0.810. The first-order valence-corrected chi connectivity index (χ1v) is 9.31. The van der Waals surface area contributed by atoms with Crippen LogP contribution in [-0.4, -0.2) is 54.0 Å². The minimum atomic E-state index is -0.248. The van der Waals surface area contributed by atoms with Crippen LogP contribution in [0.4, 0.5) is 4.79 Å². The second kappa shape index (κ2) is 8.88. The molecule has 0 aliphatic heterocycles. The summed E-state index contributed by atoms with van der Waals surface area (Å²) in [6, 6.07) is 0.254. The van der Waals surface area contributed by atoms with Crippen molar-refractivity contribution in [3.05, 3.63) is 0 Å². The van der Waals surface area contributed by atoms with Gasteiger partial charge in [0.2, 0.25) is 0 Å². The third-order valence-corrected chi connectivity index (χ3v) is 5.19. The van der Waals surface area contributed by atoms with Crippen LogP contribution in [0, 0.1) is 5.92 Å². The van der Waals surface area contributed by atoms with Crippen LogP contribution in [-0.2, 0) is 4.74 Å². The molecule has 0 bridgehead atoms. The van der Waals surface area contributed by atoms with Gasteiger partial charge in [0.15, 0.2) is 0 Å². The Balaban J connectivity index is 1.70. The van der Waals surface area contributed by atoms with E-state index in [9.17, 15) is 9.90 Å². The van der Waals surface area contributed by atoms with Gasteiger partial charge in [-0.25, -0.2) is 4.79 Å². The van der Waals surface area contributed by atoms with E-state index in [2.05, 4.69) is 19.2 Å². The fraction of sp³-hybridized carbons (Fsp3) is 0.944. The number of amides is 2. The molecule has 0 unspecified atom stereocenters. The van der Waals surface area contributed by atoms with Gasteiger partial charge in [-0.1, -0.05) is 12.8 Å². The lowest BCUT2D eigenvalue weighted by Gasteiger charge is -2.34. The number of hydrogen-bond acceptors (Lipinski definition) is 3. The molecule has 2 saturated carbocycles. The molecule has 134 valence electrons. The van der Waals surface area contributed by atoms with Crippen LogP contribution in [0.25, 0.3) is 0 Å². The fourth-order valence-corrected chi connectivity index (χ4v) is 3.85. The lowest BCUT2D eigenvalue weighted by molar-refractivity contribution is -0.0158. The number of carbonyl (C=O) groups excluding carboxylic acids is 1. The van der Waals surface area contributed by atoms with Crippen molar-refractivity contribution in [2.24, 2.45) is 5.92 Å². The summed E-state index contributed by atoms with van der Waals surface area (Å²) >= 11 is 0. The Bertz CT molecular complexity index is 367. The van der Waals surface area contributed by atoms with Crippen LogP contribution < -0.4 is 5.32 Å². The zero-order valence-electron chi connectivity index (χ0n) is 15.0. The molecule has 2 amide bonds. The molecule has 2 N–H and O–H groups in total. The normalized spacial score (nSPS) is 31.9. The maximum Gasteiger partial charge on any atom is 0.317 e. The van der Waals surface area contributed by atoms with Crippen molar-refractivity contribution >= 4 is 6.03 Å². The predicted octanol–water partition coefficient (Wildman–Crippen LogP) is 2.92. The molecular weight excluding hydrogens is 292 g/mol. The highest BCUT2D eigenvalue weighted by atomic mass is 16.5. The summed E-state index contributed by atoms with van der Waals surface area (Å²) in [4.78, 5) is 14.1. The summed E-state index contributed by atoms with van der Waals surface area (Å²) < 4.78 is 5.85. The van der Waals surface area contributed by atoms with Gasteiger partial charge in [-0.2, -0.15) is 0 Å². The van der Waals surface area contributed by atoms with E-state index >= 15 is 0 Å². The van der Waals surface area contributed by atoms with Gasteiger partial charge in [0.1, 0.15) is 0 Å². The highest BCUT2D eigenvalue weighted by molar-refractivity contribution is 5.74. The molecule has 2 aliphatic carbocycles. The van der Waals surface area contributed by atoms with Gasteiger partial charge in [0.25, 0.3) is 0 Å². The van der Waals surface area contributed by atoms with E-state index in [1.807, 2.05) is 7.05 Å². The third-order valence-electron chi connectivity index (χ3n) is 5.19. The van der Waals surface area contributed by atoms with E-state index in [0.29, 0.717) is 12.6 Å². The largest absolute Gasteiger partial charge is 0.393 e. The molecule has 0 aromatic carbocycles. The number of ether oxygens (including phenoxy) is 1. The molecule has 2 fully saturated rings. The van der Waals surface area contributed by atoms with Crippen LogP contribution in [0.2, 0.25) is 0 Å². The maximum absolute atomic E-state index is 12.4. The zero-order chi connectivity index (χ0) is 16.8.